The summed E-state index contributed by atoms with van der Waals surface area (Å²) in [5.74, 6) is -1.32. The number of pyridine rings is 2. The number of carbonyl (C=O) groups excluding carboxylic acids is 1. The Hall–Kier alpha value is -2.30. The van der Waals surface area contributed by atoms with Gasteiger partial charge in [-0.3, -0.25) is 9.78 Å². The quantitative estimate of drug-likeness (QED) is 0.806. The number of hydrogen-bond donors (Lipinski definition) is 1. The summed E-state index contributed by atoms with van der Waals surface area (Å²) in [7, 11) is 0. The molecule has 86 valence electrons. The van der Waals surface area contributed by atoms with E-state index >= 15 is 0 Å². The molecule has 5 heteroatoms. The molecule has 4 nitrogen and oxygen atoms in total. The predicted molar refractivity (Wildman–Crippen MR) is 61.1 cm³/mol. The van der Waals surface area contributed by atoms with Crippen LogP contribution in [-0.4, -0.2) is 15.9 Å². The first kappa shape index (κ1) is 11.2. The van der Waals surface area contributed by atoms with E-state index in [1.165, 1.54) is 18.3 Å². The lowest BCUT2D eigenvalue weighted by molar-refractivity contribution is 0.102. The largest absolute Gasteiger partial charge is 0.320 e. The lowest BCUT2D eigenvalue weighted by Gasteiger charge is -2.07. The maximum absolute atomic E-state index is 13.3. The van der Waals surface area contributed by atoms with Crippen molar-refractivity contribution < 1.29 is 9.18 Å². The molecule has 17 heavy (non-hydrogen) atoms. The molecule has 0 bridgehead atoms. The third kappa shape index (κ3) is 2.44. The number of anilines is 1. The Labute approximate surface area is 97.5 Å². The van der Waals surface area contributed by atoms with Gasteiger partial charge in [-0.2, -0.15) is 4.39 Å². The van der Waals surface area contributed by atoms with Crippen LogP contribution in [0.3, 0.4) is 0 Å². The number of aromatic nitrogens is 2. The SMILES string of the molecule is Cc1ncccc1NC(=O)c1cccnc1F. The van der Waals surface area contributed by atoms with E-state index in [0.29, 0.717) is 11.4 Å². The summed E-state index contributed by atoms with van der Waals surface area (Å²) in [4.78, 5) is 19.2. The fourth-order valence-electron chi connectivity index (χ4n) is 1.36. The number of aryl methyl sites for hydroxylation is 1. The maximum atomic E-state index is 13.3. The maximum Gasteiger partial charge on any atom is 0.260 e. The zero-order valence-electron chi connectivity index (χ0n) is 9.14. The molecule has 0 fully saturated rings. The van der Waals surface area contributed by atoms with Gasteiger partial charge in [0, 0.05) is 12.4 Å². The molecule has 0 spiro atoms. The molecule has 0 radical (unpaired) electrons. The third-order valence-corrected chi connectivity index (χ3v) is 2.26. The van der Waals surface area contributed by atoms with Gasteiger partial charge in [-0.25, -0.2) is 4.98 Å². The van der Waals surface area contributed by atoms with Gasteiger partial charge in [0.25, 0.3) is 5.91 Å². The molecule has 2 heterocycles. The van der Waals surface area contributed by atoms with Crippen LogP contribution >= 0.6 is 0 Å². The van der Waals surface area contributed by atoms with Crippen molar-refractivity contribution in [1.82, 2.24) is 9.97 Å². The van der Waals surface area contributed by atoms with Crippen LogP contribution in [0, 0.1) is 12.9 Å². The number of amides is 1. The normalized spacial score (nSPS) is 10.0. The zero-order valence-corrected chi connectivity index (χ0v) is 9.14. The minimum Gasteiger partial charge on any atom is -0.320 e. The van der Waals surface area contributed by atoms with Gasteiger partial charge in [-0.05, 0) is 31.2 Å². The summed E-state index contributed by atoms with van der Waals surface area (Å²) in [6, 6.07) is 6.29. The fraction of sp³-hybridized carbons (Fsp3) is 0.0833. The molecule has 0 aromatic carbocycles. The van der Waals surface area contributed by atoms with Crippen LogP contribution in [0.5, 0.6) is 0 Å². The minimum absolute atomic E-state index is 0.0873. The van der Waals surface area contributed by atoms with Gasteiger partial charge in [0.15, 0.2) is 0 Å². The molecule has 0 atom stereocenters. The Morgan fingerprint density at radius 1 is 1.24 bits per heavy atom. The van der Waals surface area contributed by atoms with E-state index in [2.05, 4.69) is 15.3 Å². The van der Waals surface area contributed by atoms with Gasteiger partial charge in [0.1, 0.15) is 0 Å². The molecule has 0 saturated carbocycles. The molecule has 2 aromatic heterocycles. The summed E-state index contributed by atoms with van der Waals surface area (Å²) >= 11 is 0. The van der Waals surface area contributed by atoms with Crippen molar-refractivity contribution in [3.8, 4) is 0 Å². The van der Waals surface area contributed by atoms with E-state index in [1.807, 2.05) is 0 Å². The second kappa shape index (κ2) is 4.69. The number of nitrogens with one attached hydrogen (secondary N) is 1. The lowest BCUT2D eigenvalue weighted by Crippen LogP contribution is -2.15. The monoisotopic (exact) mass is 231 g/mol. The average molecular weight is 231 g/mol. The van der Waals surface area contributed by atoms with Gasteiger partial charge >= 0.3 is 0 Å². The summed E-state index contributed by atoms with van der Waals surface area (Å²) in [5, 5.41) is 2.59. The van der Waals surface area contributed by atoms with Gasteiger partial charge in [-0.15, -0.1) is 0 Å². The highest BCUT2D eigenvalue weighted by atomic mass is 19.1. The van der Waals surface area contributed by atoms with E-state index in [9.17, 15) is 9.18 Å². The van der Waals surface area contributed by atoms with Crippen LogP contribution in [0.4, 0.5) is 10.1 Å². The van der Waals surface area contributed by atoms with Crippen molar-refractivity contribution >= 4 is 11.6 Å². The summed E-state index contributed by atoms with van der Waals surface area (Å²) in [6.07, 6.45) is 2.91. The van der Waals surface area contributed by atoms with Crippen molar-refractivity contribution in [3.05, 3.63) is 53.9 Å². The molecule has 0 aliphatic heterocycles. The third-order valence-electron chi connectivity index (χ3n) is 2.26. The van der Waals surface area contributed by atoms with Crippen molar-refractivity contribution in [2.24, 2.45) is 0 Å². The Morgan fingerprint density at radius 3 is 2.65 bits per heavy atom. The van der Waals surface area contributed by atoms with E-state index < -0.39 is 11.9 Å². The molecule has 0 aliphatic carbocycles. The Balaban J connectivity index is 2.24. The highest BCUT2D eigenvalue weighted by Gasteiger charge is 2.12. The first-order valence-electron chi connectivity index (χ1n) is 5.02. The van der Waals surface area contributed by atoms with Crippen LogP contribution in [0.1, 0.15) is 16.1 Å². The summed E-state index contributed by atoms with van der Waals surface area (Å²) < 4.78 is 13.3. The summed E-state index contributed by atoms with van der Waals surface area (Å²) in [5.41, 5.74) is 1.14. The molecule has 1 N–H and O–H groups in total. The highest BCUT2D eigenvalue weighted by molar-refractivity contribution is 6.04. The van der Waals surface area contributed by atoms with Crippen molar-refractivity contribution in [1.29, 1.82) is 0 Å². The van der Waals surface area contributed by atoms with Gasteiger partial charge < -0.3 is 5.32 Å². The second-order valence-corrected chi connectivity index (χ2v) is 3.43. The first-order chi connectivity index (χ1) is 8.18. The lowest BCUT2D eigenvalue weighted by atomic mass is 10.2. The van der Waals surface area contributed by atoms with Crippen LogP contribution in [-0.2, 0) is 0 Å². The van der Waals surface area contributed by atoms with E-state index in [1.54, 1.807) is 25.3 Å². The minimum atomic E-state index is -0.786. The Kier molecular flexibility index (Phi) is 3.09. The van der Waals surface area contributed by atoms with Gasteiger partial charge in [-0.1, -0.05) is 0 Å². The number of carbonyl (C=O) groups is 1. The number of hydrogen-bond acceptors (Lipinski definition) is 3. The van der Waals surface area contributed by atoms with Crippen molar-refractivity contribution in [2.75, 3.05) is 5.32 Å². The van der Waals surface area contributed by atoms with Gasteiger partial charge in [0.05, 0.1) is 16.9 Å². The second-order valence-electron chi connectivity index (χ2n) is 3.43. The van der Waals surface area contributed by atoms with E-state index in [4.69, 9.17) is 0 Å². The highest BCUT2D eigenvalue weighted by Crippen LogP contribution is 2.13. The summed E-state index contributed by atoms with van der Waals surface area (Å²) in [6.45, 7) is 1.76. The molecule has 0 aliphatic rings. The predicted octanol–water partition coefficient (Wildman–Crippen LogP) is 2.18. The topological polar surface area (TPSA) is 54.9 Å². The average Bonchev–Trinajstić information content (AvgIpc) is 2.32. The van der Waals surface area contributed by atoms with Crippen LogP contribution in [0.2, 0.25) is 0 Å². The zero-order chi connectivity index (χ0) is 12.3. The van der Waals surface area contributed by atoms with E-state index in [0.717, 1.165) is 0 Å². The Bertz CT molecular complexity index is 557. The van der Waals surface area contributed by atoms with Crippen molar-refractivity contribution in [2.45, 2.75) is 6.92 Å². The number of rotatable bonds is 2. The smallest absolute Gasteiger partial charge is 0.260 e. The first-order valence-corrected chi connectivity index (χ1v) is 5.02. The molecular formula is C12H10FN3O. The standard InChI is InChI=1S/C12H10FN3O/c1-8-10(5-3-6-14-8)16-12(17)9-4-2-7-15-11(9)13/h2-7H,1H3,(H,16,17). The Morgan fingerprint density at radius 2 is 1.94 bits per heavy atom. The van der Waals surface area contributed by atoms with Crippen LogP contribution < -0.4 is 5.32 Å². The van der Waals surface area contributed by atoms with Crippen LogP contribution in [0.15, 0.2) is 36.7 Å². The molecule has 1 amide bonds. The van der Waals surface area contributed by atoms with Crippen molar-refractivity contribution in [3.63, 3.8) is 0 Å². The molecular weight excluding hydrogens is 221 g/mol. The number of halogens is 1. The molecule has 0 saturated heterocycles. The molecule has 0 unspecified atom stereocenters. The van der Waals surface area contributed by atoms with Gasteiger partial charge in [0.2, 0.25) is 5.95 Å². The van der Waals surface area contributed by atoms with Crippen LogP contribution in [0.25, 0.3) is 0 Å². The fourth-order valence-corrected chi connectivity index (χ4v) is 1.36. The molecule has 2 aromatic rings. The number of nitrogens with zero attached hydrogens (tertiary/aromatic N) is 2. The molecule has 2 rings (SSSR count). The van der Waals surface area contributed by atoms with E-state index in [-0.39, 0.29) is 5.56 Å².